The molecule has 2 atom stereocenters. The number of benzene rings is 1. The Kier molecular flexibility index (Phi) is 4.45. The highest BCUT2D eigenvalue weighted by molar-refractivity contribution is 6.06. The molecule has 0 aromatic heterocycles. The van der Waals surface area contributed by atoms with Crippen LogP contribution in [0.1, 0.15) is 65.3 Å². The van der Waals surface area contributed by atoms with Crippen molar-refractivity contribution in [3.05, 3.63) is 34.9 Å². The largest absolute Gasteiger partial charge is 0.349 e. The van der Waals surface area contributed by atoms with Crippen LogP contribution in [-0.2, 0) is 16.1 Å². The average Bonchev–Trinajstić information content (AvgIpc) is 2.89. The predicted octanol–water partition coefficient (Wildman–Crippen LogP) is 1.37. The fraction of sp³-hybridized carbons (Fsp3) is 0.500. The van der Waals surface area contributed by atoms with Crippen LogP contribution >= 0.6 is 0 Å². The van der Waals surface area contributed by atoms with Crippen LogP contribution in [0.15, 0.2) is 18.2 Å². The Morgan fingerprint density at radius 1 is 1.22 bits per heavy atom. The minimum atomic E-state index is -0.640. The van der Waals surface area contributed by atoms with Crippen LogP contribution in [0.2, 0.25) is 0 Å². The molecule has 0 radical (unpaired) electrons. The predicted molar refractivity (Wildman–Crippen MR) is 96.8 cm³/mol. The monoisotopic (exact) mass is 369 g/mol. The van der Waals surface area contributed by atoms with Crippen molar-refractivity contribution in [3.8, 4) is 0 Å². The first kappa shape index (κ1) is 17.7. The molecule has 1 saturated carbocycles. The highest BCUT2D eigenvalue weighted by Crippen LogP contribution is 2.30. The lowest BCUT2D eigenvalue weighted by Gasteiger charge is -2.31. The standard InChI is InChI=1S/C20H23N3O4/c1-11(12-3-2-4-12)21-18(25)13-5-6-15-14(9-13)10-23(20(15)27)16-7-8-17(24)22-19(16)26/h5-6,9,11-12,16H,2-4,7-8,10H2,1H3,(H,21,25)(H,22,24,26)/t11-,16?/m0/s1. The third kappa shape index (κ3) is 3.22. The Labute approximate surface area is 157 Å². The molecule has 2 aliphatic heterocycles. The lowest BCUT2D eigenvalue weighted by atomic mass is 9.80. The summed E-state index contributed by atoms with van der Waals surface area (Å²) >= 11 is 0. The summed E-state index contributed by atoms with van der Waals surface area (Å²) in [4.78, 5) is 50.1. The fourth-order valence-corrected chi connectivity index (χ4v) is 4.06. The molecule has 7 heteroatoms. The first-order chi connectivity index (χ1) is 12.9. The molecule has 2 fully saturated rings. The number of carbonyl (C=O) groups is 4. The summed E-state index contributed by atoms with van der Waals surface area (Å²) in [6, 6.07) is 4.56. The minimum absolute atomic E-state index is 0.135. The van der Waals surface area contributed by atoms with Gasteiger partial charge in [-0.25, -0.2) is 0 Å². The molecule has 7 nitrogen and oxygen atoms in total. The van der Waals surface area contributed by atoms with Crippen LogP contribution in [0.4, 0.5) is 0 Å². The van der Waals surface area contributed by atoms with E-state index < -0.39 is 11.9 Å². The van der Waals surface area contributed by atoms with Gasteiger partial charge in [0.25, 0.3) is 11.8 Å². The number of hydrogen-bond donors (Lipinski definition) is 2. The first-order valence-electron chi connectivity index (χ1n) is 9.52. The highest BCUT2D eigenvalue weighted by atomic mass is 16.2. The quantitative estimate of drug-likeness (QED) is 0.784. The second-order valence-corrected chi connectivity index (χ2v) is 7.73. The van der Waals surface area contributed by atoms with Crippen LogP contribution in [0.3, 0.4) is 0 Å². The van der Waals surface area contributed by atoms with Gasteiger partial charge in [-0.2, -0.15) is 0 Å². The summed E-state index contributed by atoms with van der Waals surface area (Å²) in [6.07, 6.45) is 4.09. The van der Waals surface area contributed by atoms with Gasteiger partial charge in [0.15, 0.2) is 0 Å². The molecule has 27 heavy (non-hydrogen) atoms. The van der Waals surface area contributed by atoms with Gasteiger partial charge >= 0.3 is 0 Å². The topological polar surface area (TPSA) is 95.6 Å². The number of carbonyl (C=O) groups excluding carboxylic acids is 4. The van der Waals surface area contributed by atoms with E-state index in [1.54, 1.807) is 18.2 Å². The van der Waals surface area contributed by atoms with Crippen LogP contribution < -0.4 is 10.6 Å². The Bertz CT molecular complexity index is 831. The number of nitrogens with zero attached hydrogens (tertiary/aromatic N) is 1. The molecule has 2 heterocycles. The van der Waals surface area contributed by atoms with Crippen molar-refractivity contribution in [1.29, 1.82) is 0 Å². The van der Waals surface area contributed by atoms with Crippen LogP contribution in [0.25, 0.3) is 0 Å². The van der Waals surface area contributed by atoms with Gasteiger partial charge < -0.3 is 10.2 Å². The summed E-state index contributed by atoms with van der Waals surface area (Å²) in [7, 11) is 0. The van der Waals surface area contributed by atoms with Crippen molar-refractivity contribution in [3.63, 3.8) is 0 Å². The molecule has 1 unspecified atom stereocenters. The van der Waals surface area contributed by atoms with Gasteiger partial charge in [0.05, 0.1) is 0 Å². The molecule has 2 N–H and O–H groups in total. The number of piperidine rings is 1. The van der Waals surface area contributed by atoms with Gasteiger partial charge in [-0.3, -0.25) is 24.5 Å². The Hall–Kier alpha value is -2.70. The van der Waals surface area contributed by atoms with E-state index in [1.807, 2.05) is 6.92 Å². The van der Waals surface area contributed by atoms with Crippen LogP contribution in [-0.4, -0.2) is 40.6 Å². The summed E-state index contributed by atoms with van der Waals surface area (Å²) in [5.74, 6) is -0.550. The molecular weight excluding hydrogens is 346 g/mol. The maximum Gasteiger partial charge on any atom is 0.255 e. The summed E-state index contributed by atoms with van der Waals surface area (Å²) < 4.78 is 0. The Morgan fingerprint density at radius 2 is 2.00 bits per heavy atom. The highest BCUT2D eigenvalue weighted by Gasteiger charge is 2.39. The number of fused-ring (bicyclic) bond motifs is 1. The van der Waals surface area contributed by atoms with E-state index in [0.717, 1.165) is 18.4 Å². The first-order valence-corrected chi connectivity index (χ1v) is 9.52. The Balaban J connectivity index is 1.48. The van der Waals surface area contributed by atoms with Crippen LogP contribution in [0, 0.1) is 5.92 Å². The smallest absolute Gasteiger partial charge is 0.255 e. The number of nitrogens with one attached hydrogen (secondary N) is 2. The number of amides is 4. The third-order valence-corrected chi connectivity index (χ3v) is 6.00. The molecule has 142 valence electrons. The van der Waals surface area contributed by atoms with Crippen molar-refractivity contribution < 1.29 is 19.2 Å². The minimum Gasteiger partial charge on any atom is -0.349 e. The summed E-state index contributed by atoms with van der Waals surface area (Å²) in [5.41, 5.74) is 1.79. The van der Waals surface area contributed by atoms with E-state index in [2.05, 4.69) is 10.6 Å². The van der Waals surface area contributed by atoms with E-state index >= 15 is 0 Å². The zero-order valence-electron chi connectivity index (χ0n) is 15.3. The molecule has 1 aromatic carbocycles. The van der Waals surface area contributed by atoms with Crippen molar-refractivity contribution in [2.45, 2.75) is 57.7 Å². The van der Waals surface area contributed by atoms with Gasteiger partial charge in [-0.15, -0.1) is 0 Å². The molecule has 1 aliphatic carbocycles. The van der Waals surface area contributed by atoms with Crippen molar-refractivity contribution in [1.82, 2.24) is 15.5 Å². The summed E-state index contributed by atoms with van der Waals surface area (Å²) in [6.45, 7) is 2.31. The van der Waals surface area contributed by atoms with Crippen molar-refractivity contribution in [2.24, 2.45) is 5.92 Å². The zero-order valence-corrected chi connectivity index (χ0v) is 15.3. The molecule has 0 bridgehead atoms. The normalized spacial score (nSPS) is 23.5. The SMILES string of the molecule is C[C@H](NC(=O)c1ccc2c(c1)CN(C1CCC(=O)NC1=O)C2=O)C1CCC1. The van der Waals surface area contributed by atoms with Gasteiger partial charge in [0, 0.05) is 30.1 Å². The molecule has 3 aliphatic rings. The van der Waals surface area contributed by atoms with Crippen molar-refractivity contribution >= 4 is 23.6 Å². The van der Waals surface area contributed by atoms with Gasteiger partial charge in [-0.1, -0.05) is 6.42 Å². The lowest BCUT2D eigenvalue weighted by molar-refractivity contribution is -0.136. The summed E-state index contributed by atoms with van der Waals surface area (Å²) in [5, 5.41) is 5.34. The van der Waals surface area contributed by atoms with Crippen LogP contribution in [0.5, 0.6) is 0 Å². The molecule has 4 amide bonds. The van der Waals surface area contributed by atoms with E-state index in [-0.39, 0.29) is 36.7 Å². The average molecular weight is 369 g/mol. The molecule has 0 spiro atoms. The van der Waals surface area contributed by atoms with Gasteiger partial charge in [0.1, 0.15) is 6.04 Å². The molecule has 1 aromatic rings. The second kappa shape index (κ2) is 6.79. The fourth-order valence-electron chi connectivity index (χ4n) is 4.06. The second-order valence-electron chi connectivity index (χ2n) is 7.73. The number of imide groups is 1. The Morgan fingerprint density at radius 3 is 2.67 bits per heavy atom. The van der Waals surface area contributed by atoms with E-state index in [9.17, 15) is 19.2 Å². The molecule has 1 saturated heterocycles. The maximum atomic E-state index is 12.7. The molecule has 4 rings (SSSR count). The van der Waals surface area contributed by atoms with Gasteiger partial charge in [0.2, 0.25) is 11.8 Å². The van der Waals surface area contributed by atoms with Crippen molar-refractivity contribution in [2.75, 3.05) is 0 Å². The maximum absolute atomic E-state index is 12.7. The van der Waals surface area contributed by atoms with E-state index in [0.29, 0.717) is 23.5 Å². The third-order valence-electron chi connectivity index (χ3n) is 6.00. The zero-order chi connectivity index (χ0) is 19.1. The van der Waals surface area contributed by atoms with E-state index in [1.165, 1.54) is 11.3 Å². The van der Waals surface area contributed by atoms with Gasteiger partial charge in [-0.05, 0) is 55.9 Å². The van der Waals surface area contributed by atoms with E-state index in [4.69, 9.17) is 0 Å². The number of rotatable bonds is 4. The lowest BCUT2D eigenvalue weighted by Crippen LogP contribution is -2.52. The number of hydrogen-bond acceptors (Lipinski definition) is 4. The molecular formula is C20H23N3O4.